The summed E-state index contributed by atoms with van der Waals surface area (Å²) in [5.74, 6) is 0.865. The van der Waals surface area contributed by atoms with Crippen LogP contribution in [-0.2, 0) is 5.54 Å². The Hall–Kier alpha value is -1.75. The minimum Gasteiger partial charge on any atom is -0.302 e. The third-order valence-electron chi connectivity index (χ3n) is 4.44. The fourth-order valence-corrected chi connectivity index (χ4v) is 3.33. The molecule has 1 aromatic heterocycles. The highest BCUT2D eigenvalue weighted by atomic mass is 15.6. The number of aryl methyl sites for hydroxylation is 1. The van der Waals surface area contributed by atoms with Crippen molar-refractivity contribution in [2.24, 2.45) is 0 Å². The van der Waals surface area contributed by atoms with Crippen LogP contribution in [-0.4, -0.2) is 26.2 Å². The van der Waals surface area contributed by atoms with Gasteiger partial charge in [-0.15, -0.1) is 5.10 Å². The number of benzene rings is 1. The standard InChI is InChI=1S/C17H25N5/c1-13-8-7-11-15(12-13)22-16(19-20-21-22)17(2,3)18-14-9-5-4-6-10-14/h7-8,11-12,14,18H,4-6,9-10H2,1-3H3. The molecule has 118 valence electrons. The van der Waals surface area contributed by atoms with Gasteiger partial charge >= 0.3 is 0 Å². The maximum Gasteiger partial charge on any atom is 0.176 e. The molecule has 0 radical (unpaired) electrons. The SMILES string of the molecule is Cc1cccc(-n2nnnc2C(C)(C)NC2CCCCC2)c1. The van der Waals surface area contributed by atoms with Crippen molar-refractivity contribution in [1.82, 2.24) is 25.5 Å². The van der Waals surface area contributed by atoms with Crippen LogP contribution in [0.2, 0.25) is 0 Å². The van der Waals surface area contributed by atoms with Crippen LogP contribution >= 0.6 is 0 Å². The Morgan fingerprint density at radius 2 is 1.95 bits per heavy atom. The molecule has 1 saturated carbocycles. The Morgan fingerprint density at radius 3 is 2.68 bits per heavy atom. The van der Waals surface area contributed by atoms with E-state index in [1.54, 1.807) is 0 Å². The van der Waals surface area contributed by atoms with Crippen molar-refractivity contribution < 1.29 is 0 Å². The summed E-state index contributed by atoms with van der Waals surface area (Å²) in [5.41, 5.74) is 1.96. The van der Waals surface area contributed by atoms with E-state index < -0.39 is 0 Å². The molecule has 22 heavy (non-hydrogen) atoms. The van der Waals surface area contributed by atoms with E-state index in [1.165, 1.54) is 37.7 Å². The molecule has 5 nitrogen and oxygen atoms in total. The maximum absolute atomic E-state index is 4.30. The summed E-state index contributed by atoms with van der Waals surface area (Å²) in [7, 11) is 0. The van der Waals surface area contributed by atoms with Gasteiger partial charge in [0.1, 0.15) is 0 Å². The van der Waals surface area contributed by atoms with Crippen molar-refractivity contribution in [3.63, 3.8) is 0 Å². The molecule has 1 N–H and O–H groups in total. The minimum absolute atomic E-state index is 0.255. The number of hydrogen-bond donors (Lipinski definition) is 1. The van der Waals surface area contributed by atoms with Gasteiger partial charge in [-0.2, -0.15) is 4.68 Å². The zero-order chi connectivity index (χ0) is 15.6. The Kier molecular flexibility index (Phi) is 4.25. The van der Waals surface area contributed by atoms with Crippen LogP contribution in [0.3, 0.4) is 0 Å². The molecule has 1 fully saturated rings. The van der Waals surface area contributed by atoms with E-state index in [2.05, 4.69) is 53.7 Å². The molecular formula is C17H25N5. The highest BCUT2D eigenvalue weighted by Crippen LogP contribution is 2.25. The van der Waals surface area contributed by atoms with Crippen LogP contribution in [0.1, 0.15) is 57.3 Å². The van der Waals surface area contributed by atoms with E-state index >= 15 is 0 Å². The van der Waals surface area contributed by atoms with Crippen LogP contribution in [0.4, 0.5) is 0 Å². The average Bonchev–Trinajstić information content (AvgIpc) is 2.98. The summed E-state index contributed by atoms with van der Waals surface area (Å²) < 4.78 is 1.85. The van der Waals surface area contributed by atoms with Gasteiger partial charge in [0.15, 0.2) is 5.82 Å². The van der Waals surface area contributed by atoms with Crippen LogP contribution in [0.5, 0.6) is 0 Å². The number of tetrazole rings is 1. The average molecular weight is 299 g/mol. The van der Waals surface area contributed by atoms with Crippen molar-refractivity contribution in [2.75, 3.05) is 0 Å². The second-order valence-corrected chi connectivity index (χ2v) is 6.86. The van der Waals surface area contributed by atoms with E-state index in [0.717, 1.165) is 11.5 Å². The molecule has 1 aliphatic carbocycles. The van der Waals surface area contributed by atoms with Gasteiger partial charge < -0.3 is 5.32 Å². The molecule has 0 atom stereocenters. The first-order chi connectivity index (χ1) is 10.6. The van der Waals surface area contributed by atoms with Gasteiger partial charge in [-0.3, -0.25) is 0 Å². The molecule has 0 saturated heterocycles. The van der Waals surface area contributed by atoms with Crippen molar-refractivity contribution in [3.8, 4) is 5.69 Å². The molecule has 0 amide bonds. The molecule has 1 aromatic carbocycles. The predicted octanol–water partition coefficient (Wildman–Crippen LogP) is 3.13. The number of hydrogen-bond acceptors (Lipinski definition) is 4. The molecular weight excluding hydrogens is 274 g/mol. The Labute approximate surface area is 132 Å². The lowest BCUT2D eigenvalue weighted by Gasteiger charge is -2.33. The zero-order valence-electron chi connectivity index (χ0n) is 13.7. The van der Waals surface area contributed by atoms with Gasteiger partial charge in [-0.1, -0.05) is 31.4 Å². The summed E-state index contributed by atoms with van der Waals surface area (Å²) in [6.07, 6.45) is 6.48. The quantitative estimate of drug-likeness (QED) is 0.942. The van der Waals surface area contributed by atoms with E-state index in [1.807, 2.05) is 16.8 Å². The summed E-state index contributed by atoms with van der Waals surface area (Å²) in [5, 5.41) is 16.2. The number of nitrogens with zero attached hydrogens (tertiary/aromatic N) is 4. The summed E-state index contributed by atoms with van der Waals surface area (Å²) in [4.78, 5) is 0. The fraction of sp³-hybridized carbons (Fsp3) is 0.588. The van der Waals surface area contributed by atoms with Crippen LogP contribution in [0.15, 0.2) is 24.3 Å². The first-order valence-corrected chi connectivity index (χ1v) is 8.20. The van der Waals surface area contributed by atoms with Crippen molar-refractivity contribution >= 4 is 0 Å². The molecule has 0 unspecified atom stereocenters. The Balaban J connectivity index is 1.86. The molecule has 2 aromatic rings. The normalized spacial score (nSPS) is 16.9. The lowest BCUT2D eigenvalue weighted by molar-refractivity contribution is 0.270. The Morgan fingerprint density at radius 1 is 1.18 bits per heavy atom. The zero-order valence-corrected chi connectivity index (χ0v) is 13.7. The lowest BCUT2D eigenvalue weighted by atomic mass is 9.92. The molecule has 3 rings (SSSR count). The largest absolute Gasteiger partial charge is 0.302 e. The van der Waals surface area contributed by atoms with E-state index in [4.69, 9.17) is 0 Å². The van der Waals surface area contributed by atoms with Crippen molar-refractivity contribution in [2.45, 2.75) is 64.5 Å². The van der Waals surface area contributed by atoms with Crippen LogP contribution in [0.25, 0.3) is 5.69 Å². The first-order valence-electron chi connectivity index (χ1n) is 8.20. The third-order valence-corrected chi connectivity index (χ3v) is 4.44. The lowest BCUT2D eigenvalue weighted by Crippen LogP contribution is -2.46. The molecule has 0 aliphatic heterocycles. The van der Waals surface area contributed by atoms with Gasteiger partial charge in [0.25, 0.3) is 0 Å². The van der Waals surface area contributed by atoms with Crippen LogP contribution in [0, 0.1) is 6.92 Å². The van der Waals surface area contributed by atoms with E-state index in [9.17, 15) is 0 Å². The number of rotatable bonds is 4. The summed E-state index contributed by atoms with van der Waals surface area (Å²) in [6.45, 7) is 6.41. The molecule has 1 heterocycles. The Bertz CT molecular complexity index is 625. The maximum atomic E-state index is 4.30. The van der Waals surface area contributed by atoms with Gasteiger partial charge in [0, 0.05) is 6.04 Å². The molecule has 1 aliphatic rings. The second-order valence-electron chi connectivity index (χ2n) is 6.86. The van der Waals surface area contributed by atoms with Crippen molar-refractivity contribution in [3.05, 3.63) is 35.7 Å². The smallest absolute Gasteiger partial charge is 0.176 e. The molecule has 0 bridgehead atoms. The minimum atomic E-state index is -0.255. The fourth-order valence-electron chi connectivity index (χ4n) is 3.33. The van der Waals surface area contributed by atoms with Gasteiger partial charge in [0.05, 0.1) is 11.2 Å². The van der Waals surface area contributed by atoms with Gasteiger partial charge in [-0.25, -0.2) is 0 Å². The highest BCUT2D eigenvalue weighted by molar-refractivity contribution is 5.35. The van der Waals surface area contributed by atoms with Gasteiger partial charge in [0.2, 0.25) is 0 Å². The van der Waals surface area contributed by atoms with Crippen LogP contribution < -0.4 is 5.32 Å². The number of aromatic nitrogens is 4. The second kappa shape index (κ2) is 6.16. The first kappa shape index (κ1) is 15.2. The summed E-state index contributed by atoms with van der Waals surface area (Å²) in [6, 6.07) is 8.84. The monoisotopic (exact) mass is 299 g/mol. The molecule has 0 spiro atoms. The predicted molar refractivity (Wildman–Crippen MR) is 86.9 cm³/mol. The highest BCUT2D eigenvalue weighted by Gasteiger charge is 2.31. The number of nitrogens with one attached hydrogen (secondary N) is 1. The molecule has 5 heteroatoms. The summed E-state index contributed by atoms with van der Waals surface area (Å²) >= 11 is 0. The third kappa shape index (κ3) is 3.19. The van der Waals surface area contributed by atoms with E-state index in [-0.39, 0.29) is 5.54 Å². The topological polar surface area (TPSA) is 55.6 Å². The van der Waals surface area contributed by atoms with Crippen molar-refractivity contribution in [1.29, 1.82) is 0 Å². The van der Waals surface area contributed by atoms with E-state index in [0.29, 0.717) is 6.04 Å². The van der Waals surface area contributed by atoms with Gasteiger partial charge in [-0.05, 0) is 61.7 Å².